The molecule has 3 heteroatoms. The Morgan fingerprint density at radius 1 is 1.05 bits per heavy atom. The van der Waals surface area contributed by atoms with E-state index in [1.165, 1.54) is 12.1 Å². The monoisotopic (exact) mass is 272 g/mol. The summed E-state index contributed by atoms with van der Waals surface area (Å²) in [6.45, 7) is 3.92. The van der Waals surface area contributed by atoms with E-state index in [-0.39, 0.29) is 18.2 Å². The summed E-state index contributed by atoms with van der Waals surface area (Å²) in [5, 5.41) is 0. The minimum atomic E-state index is -0.643. The van der Waals surface area contributed by atoms with E-state index in [2.05, 4.69) is 0 Å². The summed E-state index contributed by atoms with van der Waals surface area (Å²) in [4.78, 5) is 12.4. The highest BCUT2D eigenvalue weighted by Crippen LogP contribution is 2.24. The Kier molecular flexibility index (Phi) is 4.18. The lowest BCUT2D eigenvalue weighted by Crippen LogP contribution is -2.31. The SMILES string of the molecule is CC(C)(COc1ccc(F)cc1)C(=O)c1ccccc1. The van der Waals surface area contributed by atoms with Crippen LogP contribution < -0.4 is 4.74 Å². The summed E-state index contributed by atoms with van der Waals surface area (Å²) in [6.07, 6.45) is 0. The highest BCUT2D eigenvalue weighted by atomic mass is 19.1. The maximum atomic E-state index is 12.8. The molecular weight excluding hydrogens is 255 g/mol. The van der Waals surface area contributed by atoms with Gasteiger partial charge in [0.1, 0.15) is 18.2 Å². The van der Waals surface area contributed by atoms with Crippen LogP contribution in [0.25, 0.3) is 0 Å². The first-order valence-electron chi connectivity index (χ1n) is 6.47. The number of carbonyl (C=O) groups is 1. The molecule has 2 aromatic carbocycles. The lowest BCUT2D eigenvalue weighted by molar-refractivity contribution is 0.0751. The molecule has 0 atom stereocenters. The van der Waals surface area contributed by atoms with Gasteiger partial charge in [0.25, 0.3) is 0 Å². The first-order chi connectivity index (χ1) is 9.49. The van der Waals surface area contributed by atoms with E-state index in [1.807, 2.05) is 32.0 Å². The first kappa shape index (κ1) is 14.3. The van der Waals surface area contributed by atoms with E-state index in [9.17, 15) is 9.18 Å². The normalized spacial score (nSPS) is 11.2. The van der Waals surface area contributed by atoms with Gasteiger partial charge >= 0.3 is 0 Å². The fourth-order valence-electron chi connectivity index (χ4n) is 1.84. The smallest absolute Gasteiger partial charge is 0.171 e. The number of ether oxygens (including phenoxy) is 1. The van der Waals surface area contributed by atoms with Crippen molar-refractivity contribution in [1.82, 2.24) is 0 Å². The standard InChI is InChI=1S/C17H17FO2/c1-17(2,16(19)13-6-4-3-5-7-13)12-20-15-10-8-14(18)9-11-15/h3-11H,12H2,1-2H3. The molecule has 0 aliphatic carbocycles. The van der Waals surface area contributed by atoms with Crippen molar-refractivity contribution < 1.29 is 13.9 Å². The van der Waals surface area contributed by atoms with Crippen LogP contribution in [0.5, 0.6) is 5.75 Å². The van der Waals surface area contributed by atoms with E-state index >= 15 is 0 Å². The van der Waals surface area contributed by atoms with Gasteiger partial charge in [0.05, 0.1) is 5.41 Å². The van der Waals surface area contributed by atoms with Crippen LogP contribution in [0.15, 0.2) is 54.6 Å². The molecule has 0 N–H and O–H groups in total. The van der Waals surface area contributed by atoms with Crippen molar-refractivity contribution in [2.24, 2.45) is 5.41 Å². The minimum absolute atomic E-state index is 0.0280. The van der Waals surface area contributed by atoms with Crippen LogP contribution in [0.4, 0.5) is 4.39 Å². The second-order valence-corrected chi connectivity index (χ2v) is 5.32. The number of Topliss-reactive ketones (excluding diaryl/α,β-unsaturated/α-hetero) is 1. The van der Waals surface area contributed by atoms with Crippen LogP contribution in [-0.4, -0.2) is 12.4 Å². The van der Waals surface area contributed by atoms with Crippen LogP contribution in [-0.2, 0) is 0 Å². The number of benzene rings is 2. The Morgan fingerprint density at radius 3 is 2.25 bits per heavy atom. The zero-order valence-corrected chi connectivity index (χ0v) is 11.6. The van der Waals surface area contributed by atoms with Gasteiger partial charge in [-0.1, -0.05) is 30.3 Å². The van der Waals surface area contributed by atoms with E-state index < -0.39 is 5.41 Å². The summed E-state index contributed by atoms with van der Waals surface area (Å²) in [5.41, 5.74) is 0.0237. The molecule has 0 aliphatic rings. The number of hydrogen-bond acceptors (Lipinski definition) is 2. The molecule has 0 spiro atoms. The molecule has 2 rings (SSSR count). The molecule has 2 aromatic rings. The molecule has 0 bridgehead atoms. The van der Waals surface area contributed by atoms with Crippen molar-refractivity contribution in [3.8, 4) is 5.75 Å². The Hall–Kier alpha value is -2.16. The number of rotatable bonds is 5. The van der Waals surface area contributed by atoms with E-state index in [1.54, 1.807) is 24.3 Å². The molecule has 0 aromatic heterocycles. The van der Waals surface area contributed by atoms with Crippen molar-refractivity contribution in [1.29, 1.82) is 0 Å². The highest BCUT2D eigenvalue weighted by Gasteiger charge is 2.29. The third-order valence-electron chi connectivity index (χ3n) is 3.06. The average Bonchev–Trinajstić information content (AvgIpc) is 2.47. The molecular formula is C17H17FO2. The van der Waals surface area contributed by atoms with Crippen molar-refractivity contribution >= 4 is 5.78 Å². The Labute approximate surface area is 118 Å². The van der Waals surface area contributed by atoms with Gasteiger partial charge in [0.15, 0.2) is 5.78 Å². The van der Waals surface area contributed by atoms with Crippen LogP contribution in [0.3, 0.4) is 0 Å². The maximum Gasteiger partial charge on any atom is 0.171 e. The topological polar surface area (TPSA) is 26.3 Å². The quantitative estimate of drug-likeness (QED) is 0.765. The highest BCUT2D eigenvalue weighted by molar-refractivity contribution is 6.00. The fourth-order valence-corrected chi connectivity index (χ4v) is 1.84. The molecule has 0 saturated heterocycles. The van der Waals surface area contributed by atoms with Gasteiger partial charge in [-0.15, -0.1) is 0 Å². The number of carbonyl (C=O) groups excluding carboxylic acids is 1. The molecule has 0 aliphatic heterocycles. The van der Waals surface area contributed by atoms with Crippen molar-refractivity contribution in [2.75, 3.05) is 6.61 Å². The third-order valence-corrected chi connectivity index (χ3v) is 3.06. The summed E-state index contributed by atoms with van der Waals surface area (Å²) < 4.78 is 18.4. The molecule has 0 fully saturated rings. The number of ketones is 1. The molecule has 20 heavy (non-hydrogen) atoms. The lowest BCUT2D eigenvalue weighted by Gasteiger charge is -2.23. The lowest BCUT2D eigenvalue weighted by atomic mass is 9.85. The number of hydrogen-bond donors (Lipinski definition) is 0. The minimum Gasteiger partial charge on any atom is -0.493 e. The zero-order chi connectivity index (χ0) is 14.6. The molecule has 0 unspecified atom stereocenters. The van der Waals surface area contributed by atoms with Crippen LogP contribution in [0, 0.1) is 11.2 Å². The van der Waals surface area contributed by atoms with Gasteiger partial charge < -0.3 is 4.74 Å². The second kappa shape index (κ2) is 5.87. The summed E-state index contributed by atoms with van der Waals surface area (Å²) in [5.74, 6) is 0.275. The maximum absolute atomic E-state index is 12.8. The van der Waals surface area contributed by atoms with E-state index in [0.717, 1.165) is 0 Å². The predicted octanol–water partition coefficient (Wildman–Crippen LogP) is 4.11. The van der Waals surface area contributed by atoms with Crippen molar-refractivity contribution in [3.05, 3.63) is 66.0 Å². The molecule has 0 heterocycles. The van der Waals surface area contributed by atoms with Crippen LogP contribution in [0.1, 0.15) is 24.2 Å². The molecule has 0 amide bonds. The first-order valence-corrected chi connectivity index (χ1v) is 6.47. The van der Waals surface area contributed by atoms with Crippen LogP contribution >= 0.6 is 0 Å². The Bertz CT molecular complexity index is 574. The molecule has 104 valence electrons. The van der Waals surface area contributed by atoms with Crippen LogP contribution in [0.2, 0.25) is 0 Å². The van der Waals surface area contributed by atoms with Gasteiger partial charge in [-0.05, 0) is 38.1 Å². The summed E-state index contributed by atoms with van der Waals surface area (Å²) in [6, 6.07) is 14.9. The summed E-state index contributed by atoms with van der Waals surface area (Å²) in [7, 11) is 0. The number of halogens is 1. The van der Waals surface area contributed by atoms with Gasteiger partial charge in [-0.2, -0.15) is 0 Å². The van der Waals surface area contributed by atoms with Gasteiger partial charge in [-0.25, -0.2) is 4.39 Å². The third kappa shape index (κ3) is 3.44. The van der Waals surface area contributed by atoms with Crippen molar-refractivity contribution in [2.45, 2.75) is 13.8 Å². The summed E-state index contributed by atoms with van der Waals surface area (Å²) >= 11 is 0. The fraction of sp³-hybridized carbons (Fsp3) is 0.235. The molecule has 0 radical (unpaired) electrons. The van der Waals surface area contributed by atoms with Gasteiger partial charge in [0, 0.05) is 5.56 Å². The van der Waals surface area contributed by atoms with E-state index in [4.69, 9.17) is 4.74 Å². The Balaban J connectivity index is 2.03. The van der Waals surface area contributed by atoms with Gasteiger partial charge in [-0.3, -0.25) is 4.79 Å². The average molecular weight is 272 g/mol. The van der Waals surface area contributed by atoms with Crippen molar-refractivity contribution in [3.63, 3.8) is 0 Å². The van der Waals surface area contributed by atoms with E-state index in [0.29, 0.717) is 11.3 Å². The molecule has 2 nitrogen and oxygen atoms in total. The zero-order valence-electron chi connectivity index (χ0n) is 11.6. The largest absolute Gasteiger partial charge is 0.493 e. The second-order valence-electron chi connectivity index (χ2n) is 5.32. The van der Waals surface area contributed by atoms with Gasteiger partial charge in [0.2, 0.25) is 0 Å². The predicted molar refractivity (Wildman–Crippen MR) is 76.4 cm³/mol. The Morgan fingerprint density at radius 2 is 1.65 bits per heavy atom. The molecule has 0 saturated carbocycles.